The van der Waals surface area contributed by atoms with Gasteiger partial charge in [0.15, 0.2) is 11.5 Å². The summed E-state index contributed by atoms with van der Waals surface area (Å²) in [7, 11) is 3.24. The maximum Gasteiger partial charge on any atom is 0.317 e. The average Bonchev–Trinajstić information content (AvgIpc) is 2.78. The van der Waals surface area contributed by atoms with Gasteiger partial charge in [0.1, 0.15) is 11.6 Å². The van der Waals surface area contributed by atoms with Gasteiger partial charge in [-0.2, -0.15) is 0 Å². The number of benzene rings is 1. The molecule has 2 heterocycles. The molecule has 8 heteroatoms. The van der Waals surface area contributed by atoms with Crippen LogP contribution in [0.2, 0.25) is 0 Å². The van der Waals surface area contributed by atoms with Crippen molar-refractivity contribution in [3.63, 3.8) is 0 Å². The quantitative estimate of drug-likeness (QED) is 0.734. The Bertz CT molecular complexity index is 955. The number of piperazine rings is 1. The Morgan fingerprint density at radius 1 is 1.03 bits per heavy atom. The van der Waals surface area contributed by atoms with Gasteiger partial charge in [-0.1, -0.05) is 19.9 Å². The van der Waals surface area contributed by atoms with Crippen LogP contribution >= 0.6 is 0 Å². The van der Waals surface area contributed by atoms with E-state index in [1.54, 1.807) is 14.2 Å². The standard InChI is InChI=1S/C24H35N5O3/c1-15(2)23-25-16(3)14-21(27-23)28-10-12-29(13-11-28)24(30)26-18(5)19-8-9-20(31-6)22(32-7)17(19)4/h8-9,14-15,18H,10-13H2,1-7H3,(H,26,30). The van der Waals surface area contributed by atoms with Crippen molar-refractivity contribution < 1.29 is 14.3 Å². The molecule has 1 aromatic heterocycles. The molecule has 1 saturated heterocycles. The number of aromatic nitrogens is 2. The van der Waals surface area contributed by atoms with Crippen LogP contribution < -0.4 is 19.7 Å². The van der Waals surface area contributed by atoms with E-state index in [4.69, 9.17) is 14.5 Å². The number of methoxy groups -OCH3 is 2. The van der Waals surface area contributed by atoms with Crippen LogP contribution in [-0.4, -0.2) is 61.3 Å². The molecule has 1 fully saturated rings. The molecular weight excluding hydrogens is 406 g/mol. The number of hydrogen-bond acceptors (Lipinski definition) is 6. The van der Waals surface area contributed by atoms with Crippen LogP contribution in [0.15, 0.2) is 18.2 Å². The fourth-order valence-electron chi connectivity index (χ4n) is 4.05. The molecule has 0 bridgehead atoms. The first kappa shape index (κ1) is 23.6. The van der Waals surface area contributed by atoms with Gasteiger partial charge in [-0.15, -0.1) is 0 Å². The average molecular weight is 442 g/mol. The van der Waals surface area contributed by atoms with E-state index in [-0.39, 0.29) is 18.0 Å². The normalized spacial score (nSPS) is 15.0. The molecule has 2 aromatic rings. The lowest BCUT2D eigenvalue weighted by Gasteiger charge is -2.36. The van der Waals surface area contributed by atoms with Crippen molar-refractivity contribution in [1.29, 1.82) is 0 Å². The van der Waals surface area contributed by atoms with E-state index in [2.05, 4.69) is 29.0 Å². The van der Waals surface area contributed by atoms with Gasteiger partial charge in [-0.3, -0.25) is 0 Å². The van der Waals surface area contributed by atoms with Crippen molar-refractivity contribution in [2.45, 2.75) is 46.6 Å². The van der Waals surface area contributed by atoms with Crippen molar-refractivity contribution in [2.24, 2.45) is 0 Å². The number of nitrogens with zero attached hydrogens (tertiary/aromatic N) is 4. The summed E-state index contributed by atoms with van der Waals surface area (Å²) in [6.45, 7) is 12.9. The molecule has 2 amide bonds. The van der Waals surface area contributed by atoms with Gasteiger partial charge >= 0.3 is 6.03 Å². The van der Waals surface area contributed by atoms with Crippen LogP contribution in [0.25, 0.3) is 0 Å². The van der Waals surface area contributed by atoms with E-state index in [9.17, 15) is 4.79 Å². The van der Waals surface area contributed by atoms with Crippen LogP contribution in [0, 0.1) is 13.8 Å². The van der Waals surface area contributed by atoms with Gasteiger partial charge in [-0.25, -0.2) is 14.8 Å². The Hall–Kier alpha value is -3.03. The van der Waals surface area contributed by atoms with E-state index in [0.717, 1.165) is 41.6 Å². The zero-order valence-corrected chi connectivity index (χ0v) is 20.2. The van der Waals surface area contributed by atoms with Crippen LogP contribution in [0.3, 0.4) is 0 Å². The minimum atomic E-state index is -0.154. The number of rotatable bonds is 6. The summed E-state index contributed by atoms with van der Waals surface area (Å²) in [6, 6.07) is 5.65. The first-order chi connectivity index (χ1) is 15.2. The Kier molecular flexibility index (Phi) is 7.43. The molecular formula is C24H35N5O3. The molecule has 0 saturated carbocycles. The number of anilines is 1. The molecule has 32 heavy (non-hydrogen) atoms. The lowest BCUT2D eigenvalue weighted by Crippen LogP contribution is -2.52. The third kappa shape index (κ3) is 5.06. The highest BCUT2D eigenvalue weighted by Crippen LogP contribution is 2.35. The first-order valence-electron chi connectivity index (χ1n) is 11.1. The summed E-state index contributed by atoms with van der Waals surface area (Å²) >= 11 is 0. The fraction of sp³-hybridized carbons (Fsp3) is 0.542. The lowest BCUT2D eigenvalue weighted by molar-refractivity contribution is 0.191. The number of hydrogen-bond donors (Lipinski definition) is 1. The second-order valence-electron chi connectivity index (χ2n) is 8.54. The maximum atomic E-state index is 12.9. The maximum absolute atomic E-state index is 12.9. The van der Waals surface area contributed by atoms with Crippen molar-refractivity contribution in [3.8, 4) is 11.5 Å². The van der Waals surface area contributed by atoms with Crippen molar-refractivity contribution >= 4 is 11.8 Å². The van der Waals surface area contributed by atoms with Gasteiger partial charge < -0.3 is 24.6 Å². The first-order valence-corrected chi connectivity index (χ1v) is 11.1. The zero-order valence-electron chi connectivity index (χ0n) is 20.2. The molecule has 1 N–H and O–H groups in total. The third-order valence-electron chi connectivity index (χ3n) is 5.91. The largest absolute Gasteiger partial charge is 0.493 e. The molecule has 1 aromatic carbocycles. The number of carbonyl (C=O) groups is 1. The Labute approximate surface area is 190 Å². The number of aryl methyl sites for hydroxylation is 1. The molecule has 3 rings (SSSR count). The molecule has 1 unspecified atom stereocenters. The van der Waals surface area contributed by atoms with Crippen molar-refractivity contribution in [2.75, 3.05) is 45.3 Å². The summed E-state index contributed by atoms with van der Waals surface area (Å²) < 4.78 is 10.9. The Morgan fingerprint density at radius 3 is 2.31 bits per heavy atom. The molecule has 1 atom stereocenters. The molecule has 174 valence electrons. The predicted octanol–water partition coefficient (Wildman–Crippen LogP) is 3.83. The molecule has 0 radical (unpaired) electrons. The molecule has 0 aliphatic carbocycles. The van der Waals surface area contributed by atoms with E-state index >= 15 is 0 Å². The smallest absolute Gasteiger partial charge is 0.317 e. The van der Waals surface area contributed by atoms with Crippen molar-refractivity contribution in [3.05, 3.63) is 40.8 Å². The molecule has 8 nitrogen and oxygen atoms in total. The number of nitrogens with one attached hydrogen (secondary N) is 1. The summed E-state index contributed by atoms with van der Waals surface area (Å²) in [6.07, 6.45) is 0. The fourth-order valence-corrected chi connectivity index (χ4v) is 4.05. The minimum absolute atomic E-state index is 0.0620. The highest BCUT2D eigenvalue weighted by atomic mass is 16.5. The lowest BCUT2D eigenvalue weighted by atomic mass is 10.0. The topological polar surface area (TPSA) is 79.8 Å². The van der Waals surface area contributed by atoms with Crippen LogP contribution in [0.1, 0.15) is 55.4 Å². The Morgan fingerprint density at radius 2 is 1.72 bits per heavy atom. The SMILES string of the molecule is COc1ccc(C(C)NC(=O)N2CCN(c3cc(C)nc(C(C)C)n3)CC2)c(C)c1OC. The summed E-state index contributed by atoms with van der Waals surface area (Å²) in [4.78, 5) is 26.3. The second kappa shape index (κ2) is 10.1. The molecule has 0 spiro atoms. The summed E-state index contributed by atoms with van der Waals surface area (Å²) in [5.41, 5.74) is 2.94. The highest BCUT2D eigenvalue weighted by molar-refractivity contribution is 5.75. The van der Waals surface area contributed by atoms with E-state index in [0.29, 0.717) is 24.6 Å². The van der Waals surface area contributed by atoms with Crippen molar-refractivity contribution in [1.82, 2.24) is 20.2 Å². The summed E-state index contributed by atoms with van der Waals surface area (Å²) in [5, 5.41) is 3.13. The zero-order chi connectivity index (χ0) is 23.4. The van der Waals surface area contributed by atoms with Crippen LogP contribution in [0.5, 0.6) is 11.5 Å². The van der Waals surface area contributed by atoms with Gasteiger partial charge in [-0.05, 0) is 32.4 Å². The van der Waals surface area contributed by atoms with E-state index < -0.39 is 0 Å². The predicted molar refractivity (Wildman–Crippen MR) is 126 cm³/mol. The third-order valence-corrected chi connectivity index (χ3v) is 5.91. The van der Waals surface area contributed by atoms with E-state index in [1.165, 1.54) is 0 Å². The Balaban J connectivity index is 1.63. The molecule has 1 aliphatic heterocycles. The van der Waals surface area contributed by atoms with Gasteiger partial charge in [0, 0.05) is 49.4 Å². The van der Waals surface area contributed by atoms with Gasteiger partial charge in [0.2, 0.25) is 0 Å². The van der Waals surface area contributed by atoms with Crippen LogP contribution in [0.4, 0.5) is 10.6 Å². The molecule has 1 aliphatic rings. The minimum Gasteiger partial charge on any atom is -0.493 e. The monoisotopic (exact) mass is 441 g/mol. The summed E-state index contributed by atoms with van der Waals surface area (Å²) in [5.74, 6) is 3.46. The van der Waals surface area contributed by atoms with Crippen LogP contribution in [-0.2, 0) is 0 Å². The number of carbonyl (C=O) groups excluding carboxylic acids is 1. The number of amides is 2. The van der Waals surface area contributed by atoms with Gasteiger partial charge in [0.05, 0.1) is 20.3 Å². The second-order valence-corrected chi connectivity index (χ2v) is 8.54. The number of urea groups is 1. The number of ether oxygens (including phenoxy) is 2. The van der Waals surface area contributed by atoms with E-state index in [1.807, 2.05) is 43.9 Å². The van der Waals surface area contributed by atoms with Gasteiger partial charge in [0.25, 0.3) is 0 Å². The highest BCUT2D eigenvalue weighted by Gasteiger charge is 2.25.